The maximum absolute atomic E-state index is 8.76. The molecule has 1 N–H and O–H groups in total. The van der Waals surface area contributed by atoms with Gasteiger partial charge in [0.1, 0.15) is 6.04 Å². The first kappa shape index (κ1) is 8.76. The maximum atomic E-state index is 8.76. The lowest BCUT2D eigenvalue weighted by molar-refractivity contribution is 0.726. The fourth-order valence-corrected chi connectivity index (χ4v) is 1.16. The molecule has 0 fully saturated rings. The van der Waals surface area contributed by atoms with Crippen LogP contribution in [0.2, 0.25) is 0 Å². The molecular formula is C10H12N2. The van der Waals surface area contributed by atoms with E-state index in [4.69, 9.17) is 5.26 Å². The third kappa shape index (κ3) is 1.84. The lowest BCUT2D eigenvalue weighted by atomic mass is 10.1. The van der Waals surface area contributed by atoms with Gasteiger partial charge in [-0.15, -0.1) is 0 Å². The fraction of sp³-hybridized carbons (Fsp3) is 0.300. The monoisotopic (exact) mass is 160 g/mol. The number of hydrogen-bond acceptors (Lipinski definition) is 2. The Balaban J connectivity index is 2.95. The molecule has 0 aliphatic heterocycles. The summed E-state index contributed by atoms with van der Waals surface area (Å²) in [6.45, 7) is 2.02. The minimum atomic E-state index is -0.190. The molecule has 0 aromatic heterocycles. The quantitative estimate of drug-likeness (QED) is 0.715. The van der Waals surface area contributed by atoms with Crippen LogP contribution in [0.4, 0.5) is 0 Å². The molecule has 2 heteroatoms. The van der Waals surface area contributed by atoms with Crippen LogP contribution in [0.1, 0.15) is 17.2 Å². The van der Waals surface area contributed by atoms with Crippen LogP contribution in [0.3, 0.4) is 0 Å². The van der Waals surface area contributed by atoms with Gasteiger partial charge >= 0.3 is 0 Å². The molecule has 62 valence electrons. The Kier molecular flexibility index (Phi) is 2.84. The van der Waals surface area contributed by atoms with E-state index >= 15 is 0 Å². The van der Waals surface area contributed by atoms with Gasteiger partial charge in [-0.05, 0) is 19.5 Å². The summed E-state index contributed by atoms with van der Waals surface area (Å²) in [5.74, 6) is 0. The second kappa shape index (κ2) is 3.89. The molecule has 1 unspecified atom stereocenters. The first-order chi connectivity index (χ1) is 5.77. The van der Waals surface area contributed by atoms with Gasteiger partial charge in [-0.2, -0.15) is 5.26 Å². The molecule has 1 aromatic carbocycles. The van der Waals surface area contributed by atoms with Crippen molar-refractivity contribution in [1.82, 2.24) is 5.32 Å². The van der Waals surface area contributed by atoms with E-state index in [9.17, 15) is 0 Å². The minimum Gasteiger partial charge on any atom is -0.301 e. The highest BCUT2D eigenvalue weighted by molar-refractivity contribution is 5.28. The number of nitriles is 1. The van der Waals surface area contributed by atoms with Gasteiger partial charge in [0.2, 0.25) is 0 Å². The van der Waals surface area contributed by atoms with Gasteiger partial charge in [0.25, 0.3) is 0 Å². The van der Waals surface area contributed by atoms with Gasteiger partial charge < -0.3 is 5.32 Å². The summed E-state index contributed by atoms with van der Waals surface area (Å²) in [5, 5.41) is 11.7. The molecule has 0 bridgehead atoms. The topological polar surface area (TPSA) is 35.8 Å². The largest absolute Gasteiger partial charge is 0.301 e. The highest BCUT2D eigenvalue weighted by atomic mass is 14.9. The van der Waals surface area contributed by atoms with Crippen LogP contribution in [0.5, 0.6) is 0 Å². The zero-order valence-electron chi connectivity index (χ0n) is 7.33. The van der Waals surface area contributed by atoms with Gasteiger partial charge in [-0.3, -0.25) is 0 Å². The van der Waals surface area contributed by atoms with Crippen molar-refractivity contribution in [2.75, 3.05) is 7.05 Å². The Morgan fingerprint density at radius 3 is 2.75 bits per heavy atom. The molecule has 2 nitrogen and oxygen atoms in total. The summed E-state index contributed by atoms with van der Waals surface area (Å²) >= 11 is 0. The van der Waals surface area contributed by atoms with Crippen molar-refractivity contribution in [3.63, 3.8) is 0 Å². The van der Waals surface area contributed by atoms with E-state index in [1.165, 1.54) is 5.56 Å². The second-order valence-electron chi connectivity index (χ2n) is 2.76. The van der Waals surface area contributed by atoms with Gasteiger partial charge in [0.05, 0.1) is 6.07 Å². The number of aryl methyl sites for hydroxylation is 1. The molecule has 1 atom stereocenters. The third-order valence-corrected chi connectivity index (χ3v) is 1.79. The smallest absolute Gasteiger partial charge is 0.121 e. The average molecular weight is 160 g/mol. The zero-order chi connectivity index (χ0) is 8.97. The summed E-state index contributed by atoms with van der Waals surface area (Å²) in [6.07, 6.45) is 0. The number of hydrogen-bond donors (Lipinski definition) is 1. The lowest BCUT2D eigenvalue weighted by Gasteiger charge is -2.07. The molecule has 0 heterocycles. The first-order valence-electron chi connectivity index (χ1n) is 3.91. The third-order valence-electron chi connectivity index (χ3n) is 1.79. The Morgan fingerprint density at radius 1 is 1.50 bits per heavy atom. The number of benzene rings is 1. The first-order valence-corrected chi connectivity index (χ1v) is 3.91. The van der Waals surface area contributed by atoms with E-state index in [1.54, 1.807) is 7.05 Å². The SMILES string of the molecule is CNC(C#N)c1cccc(C)c1. The van der Waals surface area contributed by atoms with Crippen LogP contribution in [-0.4, -0.2) is 7.05 Å². The van der Waals surface area contributed by atoms with E-state index in [-0.39, 0.29) is 6.04 Å². The van der Waals surface area contributed by atoms with Crippen molar-refractivity contribution in [3.05, 3.63) is 35.4 Å². The van der Waals surface area contributed by atoms with Crippen molar-refractivity contribution >= 4 is 0 Å². The Morgan fingerprint density at radius 2 is 2.25 bits per heavy atom. The summed E-state index contributed by atoms with van der Waals surface area (Å²) in [4.78, 5) is 0. The van der Waals surface area contributed by atoms with Crippen molar-refractivity contribution in [1.29, 1.82) is 5.26 Å². The van der Waals surface area contributed by atoms with E-state index in [2.05, 4.69) is 11.4 Å². The number of rotatable bonds is 2. The van der Waals surface area contributed by atoms with Crippen molar-refractivity contribution in [2.24, 2.45) is 0 Å². The maximum Gasteiger partial charge on any atom is 0.121 e. The van der Waals surface area contributed by atoms with E-state index in [1.807, 2.05) is 31.2 Å². The normalized spacial score (nSPS) is 12.1. The van der Waals surface area contributed by atoms with Crippen molar-refractivity contribution < 1.29 is 0 Å². The van der Waals surface area contributed by atoms with Gasteiger partial charge in [-0.25, -0.2) is 0 Å². The van der Waals surface area contributed by atoms with E-state index in [0.29, 0.717) is 0 Å². The Hall–Kier alpha value is -1.33. The van der Waals surface area contributed by atoms with Crippen LogP contribution < -0.4 is 5.32 Å². The summed E-state index contributed by atoms with van der Waals surface area (Å²) in [7, 11) is 1.79. The van der Waals surface area contributed by atoms with Crippen LogP contribution >= 0.6 is 0 Å². The van der Waals surface area contributed by atoms with Crippen molar-refractivity contribution in [3.8, 4) is 6.07 Å². The molecule has 12 heavy (non-hydrogen) atoms. The van der Waals surface area contributed by atoms with Crippen LogP contribution in [0, 0.1) is 18.3 Å². The highest BCUT2D eigenvalue weighted by Gasteiger charge is 2.05. The second-order valence-corrected chi connectivity index (χ2v) is 2.76. The molecule has 0 saturated carbocycles. The highest BCUT2D eigenvalue weighted by Crippen LogP contribution is 2.12. The molecule has 0 aliphatic carbocycles. The van der Waals surface area contributed by atoms with Crippen molar-refractivity contribution in [2.45, 2.75) is 13.0 Å². The zero-order valence-corrected chi connectivity index (χ0v) is 7.33. The van der Waals surface area contributed by atoms with Gasteiger partial charge in [0, 0.05) is 0 Å². The van der Waals surface area contributed by atoms with Crippen LogP contribution in [-0.2, 0) is 0 Å². The number of nitrogens with one attached hydrogen (secondary N) is 1. The van der Waals surface area contributed by atoms with E-state index in [0.717, 1.165) is 5.56 Å². The average Bonchev–Trinajstić information content (AvgIpc) is 2.07. The molecule has 1 aromatic rings. The molecule has 1 rings (SSSR count). The molecule has 0 spiro atoms. The van der Waals surface area contributed by atoms with Crippen LogP contribution in [0.25, 0.3) is 0 Å². The predicted molar refractivity (Wildman–Crippen MR) is 48.6 cm³/mol. The summed E-state index contributed by atoms with van der Waals surface area (Å²) in [5.41, 5.74) is 2.21. The lowest BCUT2D eigenvalue weighted by Crippen LogP contribution is -2.13. The summed E-state index contributed by atoms with van der Waals surface area (Å²) < 4.78 is 0. The molecular weight excluding hydrogens is 148 g/mol. The molecule has 0 amide bonds. The number of nitrogens with zero attached hydrogens (tertiary/aromatic N) is 1. The van der Waals surface area contributed by atoms with E-state index < -0.39 is 0 Å². The Bertz CT molecular complexity index is 299. The van der Waals surface area contributed by atoms with Crippen LogP contribution in [0.15, 0.2) is 24.3 Å². The minimum absolute atomic E-state index is 0.190. The van der Waals surface area contributed by atoms with Gasteiger partial charge in [-0.1, -0.05) is 29.8 Å². The standard InChI is InChI=1S/C10H12N2/c1-8-4-3-5-9(6-8)10(7-11)12-2/h3-6,10,12H,1-2H3. The molecule has 0 saturated heterocycles. The summed E-state index contributed by atoms with van der Waals surface area (Å²) in [6, 6.07) is 9.95. The molecule has 0 radical (unpaired) electrons. The molecule has 0 aliphatic rings. The fourth-order valence-electron chi connectivity index (χ4n) is 1.16. The Labute approximate surface area is 72.8 Å². The van der Waals surface area contributed by atoms with Gasteiger partial charge in [0.15, 0.2) is 0 Å². The predicted octanol–water partition coefficient (Wildman–Crippen LogP) is 1.78.